The number of piperazine rings is 1. The van der Waals surface area contributed by atoms with E-state index in [0.29, 0.717) is 13.1 Å². The van der Waals surface area contributed by atoms with Crippen LogP contribution in [0.3, 0.4) is 0 Å². The monoisotopic (exact) mass is 284 g/mol. The van der Waals surface area contributed by atoms with E-state index in [2.05, 4.69) is 4.90 Å². The lowest BCUT2D eigenvalue weighted by Crippen LogP contribution is -2.49. The second-order valence-electron chi connectivity index (χ2n) is 4.88. The SMILES string of the molecule is CCN1CCN(C(C(=O)O)c2ccc(F)cc2F)CC1. The van der Waals surface area contributed by atoms with E-state index in [9.17, 15) is 18.7 Å². The number of nitrogens with zero attached hydrogens (tertiary/aromatic N) is 2. The molecule has 1 unspecified atom stereocenters. The van der Waals surface area contributed by atoms with E-state index in [1.54, 1.807) is 4.90 Å². The van der Waals surface area contributed by atoms with Gasteiger partial charge in [-0.3, -0.25) is 9.69 Å². The number of rotatable bonds is 4. The molecule has 1 fully saturated rings. The van der Waals surface area contributed by atoms with Gasteiger partial charge in [0.1, 0.15) is 17.7 Å². The van der Waals surface area contributed by atoms with E-state index >= 15 is 0 Å². The fourth-order valence-electron chi connectivity index (χ4n) is 2.55. The average Bonchev–Trinajstić information content (AvgIpc) is 2.42. The summed E-state index contributed by atoms with van der Waals surface area (Å²) >= 11 is 0. The summed E-state index contributed by atoms with van der Waals surface area (Å²) in [4.78, 5) is 15.4. The molecule has 0 radical (unpaired) electrons. The minimum atomic E-state index is -1.11. The maximum absolute atomic E-state index is 13.8. The van der Waals surface area contributed by atoms with Crippen molar-refractivity contribution < 1.29 is 18.7 Å². The minimum absolute atomic E-state index is 0.0175. The van der Waals surface area contributed by atoms with Crippen LogP contribution < -0.4 is 0 Å². The molecular formula is C14H18F2N2O2. The third kappa shape index (κ3) is 3.13. The zero-order valence-corrected chi connectivity index (χ0v) is 11.4. The maximum atomic E-state index is 13.8. The van der Waals surface area contributed by atoms with Crippen LogP contribution in [0.5, 0.6) is 0 Å². The smallest absolute Gasteiger partial charge is 0.325 e. The fraction of sp³-hybridized carbons (Fsp3) is 0.500. The highest BCUT2D eigenvalue weighted by molar-refractivity contribution is 5.75. The summed E-state index contributed by atoms with van der Waals surface area (Å²) in [7, 11) is 0. The van der Waals surface area contributed by atoms with Gasteiger partial charge in [0, 0.05) is 37.8 Å². The Morgan fingerprint density at radius 3 is 2.45 bits per heavy atom. The first-order chi connectivity index (χ1) is 9.52. The Labute approximate surface area is 116 Å². The predicted octanol–water partition coefficient (Wildman–Crippen LogP) is 1.73. The number of carboxylic acid groups (broad SMARTS) is 1. The molecule has 6 heteroatoms. The van der Waals surface area contributed by atoms with Crippen LogP contribution in [0.4, 0.5) is 8.78 Å². The molecule has 20 heavy (non-hydrogen) atoms. The topological polar surface area (TPSA) is 43.8 Å². The van der Waals surface area contributed by atoms with Gasteiger partial charge in [0.15, 0.2) is 0 Å². The molecule has 1 aromatic rings. The molecule has 1 N–H and O–H groups in total. The Morgan fingerprint density at radius 2 is 1.95 bits per heavy atom. The Hall–Kier alpha value is -1.53. The van der Waals surface area contributed by atoms with Gasteiger partial charge in [-0.05, 0) is 12.6 Å². The molecule has 1 saturated heterocycles. The fourth-order valence-corrected chi connectivity index (χ4v) is 2.55. The lowest BCUT2D eigenvalue weighted by Gasteiger charge is -2.37. The highest BCUT2D eigenvalue weighted by atomic mass is 19.1. The van der Waals surface area contributed by atoms with E-state index in [1.165, 1.54) is 6.07 Å². The van der Waals surface area contributed by atoms with Gasteiger partial charge in [0.05, 0.1) is 0 Å². The third-order valence-electron chi connectivity index (χ3n) is 3.71. The Morgan fingerprint density at radius 1 is 1.30 bits per heavy atom. The van der Waals surface area contributed by atoms with Gasteiger partial charge in [0.25, 0.3) is 0 Å². The van der Waals surface area contributed by atoms with Crippen LogP contribution >= 0.6 is 0 Å². The van der Waals surface area contributed by atoms with Crippen molar-refractivity contribution in [1.82, 2.24) is 9.80 Å². The molecule has 1 atom stereocenters. The summed E-state index contributed by atoms with van der Waals surface area (Å²) in [6.07, 6.45) is 0. The van der Waals surface area contributed by atoms with Gasteiger partial charge in [-0.15, -0.1) is 0 Å². The number of hydrogen-bond donors (Lipinski definition) is 1. The minimum Gasteiger partial charge on any atom is -0.480 e. The van der Waals surface area contributed by atoms with Crippen molar-refractivity contribution in [2.24, 2.45) is 0 Å². The first-order valence-corrected chi connectivity index (χ1v) is 6.67. The van der Waals surface area contributed by atoms with Crippen molar-refractivity contribution in [2.45, 2.75) is 13.0 Å². The van der Waals surface area contributed by atoms with E-state index in [1.807, 2.05) is 6.92 Å². The van der Waals surface area contributed by atoms with E-state index < -0.39 is 23.6 Å². The molecule has 110 valence electrons. The number of aliphatic carboxylic acids is 1. The number of carbonyl (C=O) groups is 1. The van der Waals surface area contributed by atoms with E-state index in [-0.39, 0.29) is 5.56 Å². The van der Waals surface area contributed by atoms with Crippen molar-refractivity contribution in [3.05, 3.63) is 35.4 Å². The summed E-state index contributed by atoms with van der Waals surface area (Å²) in [5.74, 6) is -2.62. The standard InChI is InChI=1S/C14H18F2N2O2/c1-2-17-5-7-18(8-6-17)13(14(19)20)11-4-3-10(15)9-12(11)16/h3-4,9,13H,2,5-8H2,1H3,(H,19,20). The largest absolute Gasteiger partial charge is 0.480 e. The lowest BCUT2D eigenvalue weighted by molar-refractivity contribution is -0.144. The molecule has 1 aliphatic heterocycles. The molecule has 0 saturated carbocycles. The van der Waals surface area contributed by atoms with E-state index in [0.717, 1.165) is 31.8 Å². The Bertz CT molecular complexity index is 488. The van der Waals surface area contributed by atoms with Gasteiger partial charge in [-0.1, -0.05) is 13.0 Å². The summed E-state index contributed by atoms with van der Waals surface area (Å²) in [6.45, 7) is 5.58. The van der Waals surface area contributed by atoms with Crippen LogP contribution in [0.2, 0.25) is 0 Å². The molecule has 2 rings (SSSR count). The van der Waals surface area contributed by atoms with E-state index in [4.69, 9.17) is 0 Å². The van der Waals surface area contributed by atoms with Crippen LogP contribution in [0.15, 0.2) is 18.2 Å². The van der Waals surface area contributed by atoms with Gasteiger partial charge in [-0.2, -0.15) is 0 Å². The molecule has 1 aromatic carbocycles. The molecule has 1 heterocycles. The molecule has 4 nitrogen and oxygen atoms in total. The molecule has 0 amide bonds. The highest BCUT2D eigenvalue weighted by Crippen LogP contribution is 2.25. The Kier molecular flexibility index (Phi) is 4.67. The average molecular weight is 284 g/mol. The molecule has 0 aromatic heterocycles. The summed E-state index contributed by atoms with van der Waals surface area (Å²) in [5, 5.41) is 9.38. The van der Waals surface area contributed by atoms with Crippen LogP contribution in [0, 0.1) is 11.6 Å². The van der Waals surface area contributed by atoms with Crippen LogP contribution in [-0.4, -0.2) is 53.6 Å². The predicted molar refractivity (Wildman–Crippen MR) is 70.4 cm³/mol. The summed E-state index contributed by atoms with van der Waals surface area (Å²) in [6, 6.07) is 1.98. The van der Waals surface area contributed by atoms with Crippen LogP contribution in [0.25, 0.3) is 0 Å². The first-order valence-electron chi connectivity index (χ1n) is 6.67. The van der Waals surface area contributed by atoms with Crippen molar-refractivity contribution in [3.63, 3.8) is 0 Å². The molecule has 0 aliphatic carbocycles. The van der Waals surface area contributed by atoms with Crippen molar-refractivity contribution in [1.29, 1.82) is 0 Å². The van der Waals surface area contributed by atoms with Crippen molar-refractivity contribution >= 4 is 5.97 Å². The number of halogens is 2. The lowest BCUT2D eigenvalue weighted by atomic mass is 10.0. The maximum Gasteiger partial charge on any atom is 0.325 e. The van der Waals surface area contributed by atoms with Gasteiger partial charge in [0.2, 0.25) is 0 Å². The Balaban J connectivity index is 2.21. The van der Waals surface area contributed by atoms with Gasteiger partial charge < -0.3 is 10.0 Å². The molecule has 1 aliphatic rings. The zero-order chi connectivity index (χ0) is 14.7. The second kappa shape index (κ2) is 6.28. The van der Waals surface area contributed by atoms with Crippen LogP contribution in [0.1, 0.15) is 18.5 Å². The summed E-state index contributed by atoms with van der Waals surface area (Å²) < 4.78 is 26.8. The molecule has 0 bridgehead atoms. The quantitative estimate of drug-likeness (QED) is 0.914. The van der Waals surface area contributed by atoms with Gasteiger partial charge in [-0.25, -0.2) is 8.78 Å². The second-order valence-corrected chi connectivity index (χ2v) is 4.88. The summed E-state index contributed by atoms with van der Waals surface area (Å²) in [5.41, 5.74) is 0.0175. The number of likely N-dealkylation sites (N-methyl/N-ethyl adjacent to an activating group) is 1. The number of benzene rings is 1. The van der Waals surface area contributed by atoms with Gasteiger partial charge >= 0.3 is 5.97 Å². The van der Waals surface area contributed by atoms with Crippen molar-refractivity contribution in [2.75, 3.05) is 32.7 Å². The normalized spacial score (nSPS) is 18.9. The first kappa shape index (κ1) is 14.9. The molecular weight excluding hydrogens is 266 g/mol. The molecule has 0 spiro atoms. The highest BCUT2D eigenvalue weighted by Gasteiger charge is 2.31. The van der Waals surface area contributed by atoms with Crippen molar-refractivity contribution in [3.8, 4) is 0 Å². The zero-order valence-electron chi connectivity index (χ0n) is 11.4. The third-order valence-corrected chi connectivity index (χ3v) is 3.71. The van der Waals surface area contributed by atoms with Crippen LogP contribution in [-0.2, 0) is 4.79 Å². The number of carboxylic acids is 1. The number of hydrogen-bond acceptors (Lipinski definition) is 3.